The molecule has 0 saturated carbocycles. The van der Waals surface area contributed by atoms with Crippen LogP contribution in [0.15, 0.2) is 41.1 Å². The summed E-state index contributed by atoms with van der Waals surface area (Å²) in [5, 5.41) is 0. The normalized spacial score (nSPS) is 10.3. The molecule has 72 valence electrons. The smallest absolute Gasteiger partial charge is 0.218 e. The third kappa shape index (κ3) is 2.35. The number of nitrogens with zero attached hydrogens (tertiary/aromatic N) is 1. The van der Waals surface area contributed by atoms with Crippen LogP contribution in [0.5, 0.6) is 0 Å². The molecule has 1 aromatic heterocycles. The molecule has 0 N–H and O–H groups in total. The highest BCUT2D eigenvalue weighted by molar-refractivity contribution is 5.66. The number of hydrogen-bond donors (Lipinski definition) is 0. The van der Waals surface area contributed by atoms with Crippen LogP contribution in [0, 0.1) is 12.3 Å². The van der Waals surface area contributed by atoms with E-state index in [-0.39, 0.29) is 0 Å². The lowest BCUT2D eigenvalue weighted by atomic mass is 10.1. The molecule has 0 aliphatic rings. The van der Waals surface area contributed by atoms with Gasteiger partial charge in [-0.05, 0) is 23.8 Å². The van der Waals surface area contributed by atoms with Gasteiger partial charge in [0.05, 0.1) is 6.20 Å². The van der Waals surface area contributed by atoms with Gasteiger partial charge in [0.25, 0.3) is 0 Å². The highest BCUT2D eigenvalue weighted by Crippen LogP contribution is 2.07. The predicted molar refractivity (Wildman–Crippen MR) is 59.8 cm³/mol. The quantitative estimate of drug-likeness (QED) is 0.689. The molecule has 0 spiro atoms. The van der Waals surface area contributed by atoms with E-state index in [1.54, 1.807) is 12.5 Å². The Morgan fingerprint density at radius 1 is 1.20 bits per heavy atom. The highest BCUT2D eigenvalue weighted by Gasteiger charge is 1.91. The van der Waals surface area contributed by atoms with Gasteiger partial charge >= 0.3 is 0 Å². The number of aromatic nitrogens is 1. The number of rotatable bonds is 2. The standard InChI is InChI=1S/C13H9NO/c1-2-11-3-5-12(6-4-11)7-8-13-14-9-10-15-13/h1,3-10H. The van der Waals surface area contributed by atoms with Crippen molar-refractivity contribution in [1.29, 1.82) is 0 Å². The fraction of sp³-hybridized carbons (Fsp3) is 0. The molecule has 0 atom stereocenters. The highest BCUT2D eigenvalue weighted by atomic mass is 16.3. The third-order valence-electron chi connectivity index (χ3n) is 1.95. The monoisotopic (exact) mass is 195 g/mol. The Hall–Kier alpha value is -2.27. The molecule has 0 amide bonds. The van der Waals surface area contributed by atoms with Crippen molar-refractivity contribution < 1.29 is 4.42 Å². The summed E-state index contributed by atoms with van der Waals surface area (Å²) in [7, 11) is 0. The number of hydrogen-bond acceptors (Lipinski definition) is 2. The van der Waals surface area contributed by atoms with E-state index in [0.717, 1.165) is 11.1 Å². The van der Waals surface area contributed by atoms with Gasteiger partial charge in [0.15, 0.2) is 0 Å². The zero-order valence-electron chi connectivity index (χ0n) is 8.05. The van der Waals surface area contributed by atoms with Crippen LogP contribution in [0.1, 0.15) is 17.0 Å². The van der Waals surface area contributed by atoms with Gasteiger partial charge in [0.2, 0.25) is 5.89 Å². The molecule has 1 aromatic carbocycles. The molecule has 0 saturated heterocycles. The van der Waals surface area contributed by atoms with E-state index in [9.17, 15) is 0 Å². The lowest BCUT2D eigenvalue weighted by Gasteiger charge is -1.92. The Kier molecular flexibility index (Phi) is 2.66. The SMILES string of the molecule is C#Cc1ccc(C=Cc2ncco2)cc1. The van der Waals surface area contributed by atoms with Gasteiger partial charge in [0, 0.05) is 11.6 Å². The van der Waals surface area contributed by atoms with Crippen LogP contribution >= 0.6 is 0 Å². The second-order valence-electron chi connectivity index (χ2n) is 2.97. The molecule has 0 radical (unpaired) electrons. The van der Waals surface area contributed by atoms with Crippen LogP contribution in [0.4, 0.5) is 0 Å². The largest absolute Gasteiger partial charge is 0.445 e. The minimum absolute atomic E-state index is 0.594. The van der Waals surface area contributed by atoms with E-state index in [1.807, 2.05) is 36.4 Å². The number of benzene rings is 1. The summed E-state index contributed by atoms with van der Waals surface area (Å²) in [6.45, 7) is 0. The van der Waals surface area contributed by atoms with Crippen molar-refractivity contribution in [3.05, 3.63) is 53.7 Å². The van der Waals surface area contributed by atoms with Crippen LogP contribution in [0.3, 0.4) is 0 Å². The van der Waals surface area contributed by atoms with E-state index >= 15 is 0 Å². The molecule has 0 unspecified atom stereocenters. The maximum Gasteiger partial charge on any atom is 0.218 e. The summed E-state index contributed by atoms with van der Waals surface area (Å²) in [6.07, 6.45) is 12.1. The second-order valence-corrected chi connectivity index (χ2v) is 2.97. The Morgan fingerprint density at radius 3 is 2.60 bits per heavy atom. The summed E-state index contributed by atoms with van der Waals surface area (Å²) in [5.74, 6) is 3.16. The third-order valence-corrected chi connectivity index (χ3v) is 1.95. The van der Waals surface area contributed by atoms with Crippen LogP contribution in [0.25, 0.3) is 12.2 Å². The number of terminal acetylenes is 1. The molecule has 2 aromatic rings. The molecule has 0 fully saturated rings. The lowest BCUT2D eigenvalue weighted by Crippen LogP contribution is -1.75. The van der Waals surface area contributed by atoms with Crippen molar-refractivity contribution in [3.63, 3.8) is 0 Å². The van der Waals surface area contributed by atoms with Crippen molar-refractivity contribution in [3.8, 4) is 12.3 Å². The van der Waals surface area contributed by atoms with Crippen LogP contribution in [0.2, 0.25) is 0 Å². The Labute approximate surface area is 88.3 Å². The fourth-order valence-corrected chi connectivity index (χ4v) is 1.17. The number of oxazole rings is 1. The maximum absolute atomic E-state index is 5.26. The molecule has 15 heavy (non-hydrogen) atoms. The molecule has 0 bridgehead atoms. The van der Waals surface area contributed by atoms with Gasteiger partial charge in [-0.15, -0.1) is 6.42 Å². The molecule has 1 heterocycles. The van der Waals surface area contributed by atoms with Gasteiger partial charge in [-0.25, -0.2) is 4.98 Å². The van der Waals surface area contributed by atoms with Gasteiger partial charge in [0.1, 0.15) is 6.26 Å². The van der Waals surface area contributed by atoms with Crippen LogP contribution < -0.4 is 0 Å². The zero-order valence-corrected chi connectivity index (χ0v) is 8.05. The molecule has 2 heteroatoms. The minimum atomic E-state index is 0.594. The topological polar surface area (TPSA) is 26.0 Å². The lowest BCUT2D eigenvalue weighted by molar-refractivity contribution is 0.547. The summed E-state index contributed by atoms with van der Waals surface area (Å²) in [6, 6.07) is 7.70. The first-order chi connectivity index (χ1) is 7.38. The summed E-state index contributed by atoms with van der Waals surface area (Å²) >= 11 is 0. The van der Waals surface area contributed by atoms with Gasteiger partial charge in [-0.1, -0.05) is 18.1 Å². The van der Waals surface area contributed by atoms with Crippen LogP contribution in [-0.2, 0) is 0 Å². The summed E-state index contributed by atoms with van der Waals surface area (Å²) in [5.41, 5.74) is 1.94. The Balaban J connectivity index is 2.15. The van der Waals surface area contributed by atoms with Crippen LogP contribution in [-0.4, -0.2) is 4.98 Å². The Bertz CT molecular complexity index is 486. The van der Waals surface area contributed by atoms with Crippen molar-refractivity contribution in [2.24, 2.45) is 0 Å². The van der Waals surface area contributed by atoms with Gasteiger partial charge in [-0.2, -0.15) is 0 Å². The first-order valence-electron chi connectivity index (χ1n) is 4.53. The van der Waals surface area contributed by atoms with E-state index in [1.165, 1.54) is 0 Å². The molecule has 2 rings (SSSR count). The molecule has 0 aliphatic heterocycles. The second kappa shape index (κ2) is 4.30. The average molecular weight is 195 g/mol. The van der Waals surface area contributed by atoms with Crippen molar-refractivity contribution in [2.75, 3.05) is 0 Å². The Morgan fingerprint density at radius 2 is 2.00 bits per heavy atom. The van der Waals surface area contributed by atoms with Crippen molar-refractivity contribution >= 4 is 12.2 Å². The van der Waals surface area contributed by atoms with Gasteiger partial charge in [-0.3, -0.25) is 0 Å². The first kappa shape index (κ1) is 9.29. The zero-order chi connectivity index (χ0) is 10.5. The molecular weight excluding hydrogens is 186 g/mol. The van der Waals surface area contributed by atoms with Crippen molar-refractivity contribution in [2.45, 2.75) is 0 Å². The predicted octanol–water partition coefficient (Wildman–Crippen LogP) is 2.83. The fourth-order valence-electron chi connectivity index (χ4n) is 1.17. The summed E-state index contributed by atoms with van der Waals surface area (Å²) in [4.78, 5) is 3.98. The van der Waals surface area contributed by atoms with E-state index in [0.29, 0.717) is 5.89 Å². The first-order valence-corrected chi connectivity index (χ1v) is 4.53. The van der Waals surface area contributed by atoms with E-state index in [2.05, 4.69) is 10.9 Å². The van der Waals surface area contributed by atoms with Crippen molar-refractivity contribution in [1.82, 2.24) is 4.98 Å². The van der Waals surface area contributed by atoms with Gasteiger partial charge < -0.3 is 4.42 Å². The molecule has 0 aliphatic carbocycles. The van der Waals surface area contributed by atoms with E-state index in [4.69, 9.17) is 10.8 Å². The van der Waals surface area contributed by atoms with E-state index < -0.39 is 0 Å². The average Bonchev–Trinajstić information content (AvgIpc) is 2.80. The molecule has 2 nitrogen and oxygen atoms in total. The molecular formula is C13H9NO. The maximum atomic E-state index is 5.26. The summed E-state index contributed by atoms with van der Waals surface area (Å²) < 4.78 is 5.07. The minimum Gasteiger partial charge on any atom is -0.445 e.